The molecule has 0 unspecified atom stereocenters. The predicted octanol–water partition coefficient (Wildman–Crippen LogP) is 3.94. The van der Waals surface area contributed by atoms with E-state index in [1.807, 2.05) is 19.1 Å². The summed E-state index contributed by atoms with van der Waals surface area (Å²) in [6, 6.07) is 7.04. The Morgan fingerprint density at radius 2 is 1.83 bits per heavy atom. The van der Waals surface area contributed by atoms with Crippen molar-refractivity contribution >= 4 is 21.5 Å². The van der Waals surface area contributed by atoms with Crippen LogP contribution in [0.15, 0.2) is 29.2 Å². The number of nitrogens with one attached hydrogen (secondary N) is 1. The minimum Gasteiger partial charge on any atom is -0.492 e. The zero-order valence-electron chi connectivity index (χ0n) is 17.3. The molecule has 0 amide bonds. The molecule has 2 N–H and O–H groups in total. The fourth-order valence-electron chi connectivity index (χ4n) is 4.03. The third-order valence-electron chi connectivity index (χ3n) is 5.66. The molecular weight excluding hydrogens is 402 g/mol. The van der Waals surface area contributed by atoms with Crippen molar-refractivity contribution in [3.63, 3.8) is 0 Å². The van der Waals surface area contributed by atoms with Gasteiger partial charge in [0.15, 0.2) is 5.82 Å². The van der Waals surface area contributed by atoms with Crippen LogP contribution in [0.2, 0.25) is 0 Å². The quantitative estimate of drug-likeness (QED) is 0.614. The third kappa shape index (κ3) is 3.98. The van der Waals surface area contributed by atoms with E-state index in [0.29, 0.717) is 23.9 Å². The molecule has 4 rings (SSSR count). The maximum absolute atomic E-state index is 12.9. The fraction of sp³-hybridized carbons (Fsp3) is 0.476. The van der Waals surface area contributed by atoms with Crippen molar-refractivity contribution in [2.45, 2.75) is 69.6 Å². The first-order valence-electron chi connectivity index (χ1n) is 10.5. The number of aryl methyl sites for hydroxylation is 2. The van der Waals surface area contributed by atoms with Crippen LogP contribution in [-0.2, 0) is 16.4 Å². The molecule has 2 heterocycles. The third-order valence-corrected chi connectivity index (χ3v) is 7.03. The Morgan fingerprint density at radius 3 is 2.50 bits per heavy atom. The molecule has 0 saturated heterocycles. The highest BCUT2D eigenvalue weighted by atomic mass is 32.2. The minimum absolute atomic E-state index is 0.00630. The average molecular weight is 430 g/mol. The summed E-state index contributed by atoms with van der Waals surface area (Å²) in [5, 5.41) is 14.9. The number of aromatic hydroxyl groups is 1. The fourth-order valence-corrected chi connectivity index (χ4v) is 5.15. The van der Waals surface area contributed by atoms with E-state index in [0.717, 1.165) is 19.3 Å². The van der Waals surface area contributed by atoms with E-state index in [9.17, 15) is 13.5 Å². The summed E-state index contributed by atoms with van der Waals surface area (Å²) >= 11 is 0. The summed E-state index contributed by atoms with van der Waals surface area (Å²) in [7, 11) is -3.89. The summed E-state index contributed by atoms with van der Waals surface area (Å²) in [6.45, 7) is 3.63. The van der Waals surface area contributed by atoms with Crippen molar-refractivity contribution in [1.82, 2.24) is 19.6 Å². The molecule has 160 valence electrons. The van der Waals surface area contributed by atoms with Crippen LogP contribution in [0.4, 0.5) is 5.69 Å². The van der Waals surface area contributed by atoms with Crippen LogP contribution >= 0.6 is 0 Å². The molecule has 0 atom stereocenters. The number of anilines is 1. The molecule has 3 aromatic rings. The normalized spacial score (nSPS) is 15.5. The van der Waals surface area contributed by atoms with Gasteiger partial charge in [-0.05, 0) is 49.8 Å². The van der Waals surface area contributed by atoms with Crippen molar-refractivity contribution in [1.29, 1.82) is 0 Å². The van der Waals surface area contributed by atoms with E-state index in [-0.39, 0.29) is 22.2 Å². The predicted molar refractivity (Wildman–Crippen MR) is 114 cm³/mol. The number of fused-ring (bicyclic) bond motifs is 1. The molecule has 9 heteroatoms. The molecule has 0 aliphatic heterocycles. The number of benzene rings is 1. The molecule has 8 nitrogen and oxygen atoms in total. The summed E-state index contributed by atoms with van der Waals surface area (Å²) in [6.07, 6.45) is 7.54. The van der Waals surface area contributed by atoms with Gasteiger partial charge >= 0.3 is 0 Å². The van der Waals surface area contributed by atoms with E-state index in [4.69, 9.17) is 0 Å². The smallest absolute Gasteiger partial charge is 0.262 e. The van der Waals surface area contributed by atoms with Crippen LogP contribution < -0.4 is 4.72 Å². The van der Waals surface area contributed by atoms with Gasteiger partial charge in [-0.1, -0.05) is 38.3 Å². The van der Waals surface area contributed by atoms with Crippen LogP contribution in [0.1, 0.15) is 68.4 Å². The van der Waals surface area contributed by atoms with E-state index in [1.165, 1.54) is 29.3 Å². The second-order valence-corrected chi connectivity index (χ2v) is 9.58. The first-order valence-corrected chi connectivity index (χ1v) is 12.0. The number of hydrogen-bond donors (Lipinski definition) is 2. The zero-order valence-corrected chi connectivity index (χ0v) is 18.1. The average Bonchev–Trinajstić information content (AvgIpc) is 3.15. The van der Waals surface area contributed by atoms with Crippen LogP contribution in [0, 0.1) is 6.92 Å². The molecular formula is C21H27N5O3S. The lowest BCUT2D eigenvalue weighted by Crippen LogP contribution is -2.16. The van der Waals surface area contributed by atoms with Gasteiger partial charge in [-0.15, -0.1) is 5.10 Å². The standard InChI is InChI=1S/C21H27N5O3S/c1-3-7-18-23-21-22-14(2)19(20(27)26(21)24-18)25-30(28,29)17-12-10-16(11-13-17)15-8-5-4-6-9-15/h10-13,15,25,27H,3-9H2,1-2H3. The van der Waals surface area contributed by atoms with Gasteiger partial charge in [0, 0.05) is 6.42 Å². The van der Waals surface area contributed by atoms with Gasteiger partial charge in [-0.25, -0.2) is 13.4 Å². The van der Waals surface area contributed by atoms with Crippen LogP contribution in [-0.4, -0.2) is 33.1 Å². The Morgan fingerprint density at radius 1 is 1.13 bits per heavy atom. The van der Waals surface area contributed by atoms with E-state index in [1.54, 1.807) is 19.1 Å². The number of hydrogen-bond acceptors (Lipinski definition) is 6. The molecule has 1 aliphatic carbocycles. The first-order chi connectivity index (χ1) is 14.4. The van der Waals surface area contributed by atoms with Gasteiger partial charge in [0.1, 0.15) is 5.69 Å². The van der Waals surface area contributed by atoms with Gasteiger partial charge in [0.2, 0.25) is 5.88 Å². The van der Waals surface area contributed by atoms with E-state index in [2.05, 4.69) is 19.8 Å². The van der Waals surface area contributed by atoms with Crippen LogP contribution in [0.3, 0.4) is 0 Å². The Kier molecular flexibility index (Phi) is 5.64. The SMILES string of the molecule is CCCc1nc2nc(C)c(NS(=O)(=O)c3ccc(C4CCCCC4)cc3)c(O)n2n1. The summed E-state index contributed by atoms with van der Waals surface area (Å²) in [5.74, 6) is 0.979. The number of sulfonamides is 1. The van der Waals surface area contributed by atoms with Crippen LogP contribution in [0.5, 0.6) is 5.88 Å². The van der Waals surface area contributed by atoms with E-state index < -0.39 is 10.0 Å². The van der Waals surface area contributed by atoms with Crippen molar-refractivity contribution in [2.24, 2.45) is 0 Å². The largest absolute Gasteiger partial charge is 0.492 e. The minimum atomic E-state index is -3.89. The number of rotatable bonds is 6. The summed E-state index contributed by atoms with van der Waals surface area (Å²) in [4.78, 5) is 8.72. The van der Waals surface area contributed by atoms with Gasteiger partial charge in [0.05, 0.1) is 10.6 Å². The lowest BCUT2D eigenvalue weighted by atomic mass is 9.84. The number of aromatic nitrogens is 4. The molecule has 30 heavy (non-hydrogen) atoms. The van der Waals surface area contributed by atoms with Crippen molar-refractivity contribution in [3.8, 4) is 5.88 Å². The Bertz CT molecular complexity index is 1150. The van der Waals surface area contributed by atoms with Crippen LogP contribution in [0.25, 0.3) is 5.78 Å². The lowest BCUT2D eigenvalue weighted by Gasteiger charge is -2.22. The van der Waals surface area contributed by atoms with Crippen molar-refractivity contribution < 1.29 is 13.5 Å². The van der Waals surface area contributed by atoms with E-state index >= 15 is 0 Å². The van der Waals surface area contributed by atoms with Gasteiger partial charge in [-0.3, -0.25) is 4.72 Å². The molecule has 0 bridgehead atoms. The molecule has 0 spiro atoms. The zero-order chi connectivity index (χ0) is 21.3. The Hall–Kier alpha value is -2.68. The maximum atomic E-state index is 12.9. The van der Waals surface area contributed by atoms with Gasteiger partial charge < -0.3 is 5.11 Å². The Labute approximate surface area is 176 Å². The topological polar surface area (TPSA) is 109 Å². The summed E-state index contributed by atoms with van der Waals surface area (Å²) in [5.41, 5.74) is 1.52. The molecule has 0 radical (unpaired) electrons. The lowest BCUT2D eigenvalue weighted by molar-refractivity contribution is 0.436. The maximum Gasteiger partial charge on any atom is 0.262 e. The molecule has 1 aliphatic rings. The second-order valence-electron chi connectivity index (χ2n) is 7.90. The molecule has 1 aromatic carbocycles. The van der Waals surface area contributed by atoms with Gasteiger partial charge in [0.25, 0.3) is 15.8 Å². The second kappa shape index (κ2) is 8.22. The molecule has 1 saturated carbocycles. The van der Waals surface area contributed by atoms with Gasteiger partial charge in [-0.2, -0.15) is 9.50 Å². The highest BCUT2D eigenvalue weighted by molar-refractivity contribution is 7.92. The molecule has 1 fully saturated rings. The Balaban J connectivity index is 1.61. The highest BCUT2D eigenvalue weighted by Crippen LogP contribution is 2.33. The van der Waals surface area contributed by atoms with Crippen molar-refractivity contribution in [3.05, 3.63) is 41.3 Å². The monoisotopic (exact) mass is 429 g/mol. The summed E-state index contributed by atoms with van der Waals surface area (Å²) < 4.78 is 29.5. The molecule has 2 aromatic heterocycles. The number of nitrogens with zero attached hydrogens (tertiary/aromatic N) is 4. The highest BCUT2D eigenvalue weighted by Gasteiger charge is 2.23. The van der Waals surface area contributed by atoms with Crippen molar-refractivity contribution in [2.75, 3.05) is 4.72 Å². The first kappa shape index (κ1) is 20.6.